The van der Waals surface area contributed by atoms with Crippen LogP contribution in [-0.2, 0) is 12.0 Å². The maximum absolute atomic E-state index is 4.76. The normalized spacial score (nSPS) is 22.5. The number of para-hydroxylation sites is 2. The fraction of sp³-hybridized carbons (Fsp3) is 0.389. The molecule has 0 amide bonds. The monoisotopic (exact) mass is 307 g/mol. The van der Waals surface area contributed by atoms with Crippen molar-refractivity contribution in [1.29, 1.82) is 0 Å². The standard InChI is InChI=1S/C18H21N5/c1-18(17-7-9-20-22-17)8-4-10-23(13-18)12-14-11-19-15-5-2-3-6-16(15)21-14/h2-3,5-7,9,11H,4,8,10,12-13H2,1H3,(H,20,22)/t18-/m0/s1. The molecule has 3 aromatic rings. The minimum atomic E-state index is 0.138. The van der Waals surface area contributed by atoms with E-state index in [4.69, 9.17) is 4.98 Å². The molecule has 118 valence electrons. The topological polar surface area (TPSA) is 57.7 Å². The number of nitrogens with zero attached hydrogens (tertiary/aromatic N) is 4. The summed E-state index contributed by atoms with van der Waals surface area (Å²) < 4.78 is 0. The lowest BCUT2D eigenvalue weighted by molar-refractivity contribution is 0.146. The largest absolute Gasteiger partial charge is 0.297 e. The van der Waals surface area contributed by atoms with Gasteiger partial charge in [-0.2, -0.15) is 5.10 Å². The molecule has 23 heavy (non-hydrogen) atoms. The summed E-state index contributed by atoms with van der Waals surface area (Å²) in [4.78, 5) is 11.8. The second-order valence-electron chi connectivity index (χ2n) is 6.70. The summed E-state index contributed by atoms with van der Waals surface area (Å²) in [6, 6.07) is 10.1. The summed E-state index contributed by atoms with van der Waals surface area (Å²) in [5, 5.41) is 7.27. The third kappa shape index (κ3) is 2.84. The van der Waals surface area contributed by atoms with Gasteiger partial charge in [0.2, 0.25) is 0 Å². The van der Waals surface area contributed by atoms with Crippen LogP contribution in [-0.4, -0.2) is 38.2 Å². The van der Waals surface area contributed by atoms with Crippen LogP contribution in [0.1, 0.15) is 31.2 Å². The number of H-pyrrole nitrogens is 1. The van der Waals surface area contributed by atoms with Crippen molar-refractivity contribution in [2.24, 2.45) is 0 Å². The first-order chi connectivity index (χ1) is 11.2. The maximum atomic E-state index is 4.76. The predicted octanol–water partition coefficient (Wildman–Crippen LogP) is 2.91. The van der Waals surface area contributed by atoms with Gasteiger partial charge in [-0.05, 0) is 37.6 Å². The van der Waals surface area contributed by atoms with Gasteiger partial charge in [0.25, 0.3) is 0 Å². The smallest absolute Gasteiger partial charge is 0.0890 e. The molecule has 0 spiro atoms. The number of nitrogens with one attached hydrogen (secondary N) is 1. The molecule has 1 atom stereocenters. The van der Waals surface area contributed by atoms with E-state index in [0.29, 0.717) is 0 Å². The van der Waals surface area contributed by atoms with Gasteiger partial charge in [0, 0.05) is 30.4 Å². The van der Waals surface area contributed by atoms with Crippen LogP contribution in [0.4, 0.5) is 0 Å². The first kappa shape index (κ1) is 14.3. The number of likely N-dealkylation sites (tertiary alicyclic amines) is 1. The molecule has 1 aliphatic heterocycles. The zero-order chi connectivity index (χ0) is 15.7. The number of fused-ring (bicyclic) bond motifs is 1. The Balaban J connectivity index is 1.53. The van der Waals surface area contributed by atoms with E-state index in [-0.39, 0.29) is 5.41 Å². The highest BCUT2D eigenvalue weighted by Gasteiger charge is 2.33. The summed E-state index contributed by atoms with van der Waals surface area (Å²) in [6.45, 7) is 5.29. The molecule has 4 rings (SSSR count). The Morgan fingerprint density at radius 3 is 2.91 bits per heavy atom. The zero-order valence-corrected chi connectivity index (χ0v) is 13.4. The molecule has 0 radical (unpaired) electrons. The van der Waals surface area contributed by atoms with Gasteiger partial charge in [-0.15, -0.1) is 0 Å². The van der Waals surface area contributed by atoms with Gasteiger partial charge >= 0.3 is 0 Å². The molecule has 1 saturated heterocycles. The van der Waals surface area contributed by atoms with Gasteiger partial charge < -0.3 is 0 Å². The van der Waals surface area contributed by atoms with Gasteiger partial charge in [-0.25, -0.2) is 4.98 Å². The van der Waals surface area contributed by atoms with Crippen molar-refractivity contribution in [3.05, 3.63) is 54.1 Å². The highest BCUT2D eigenvalue weighted by Crippen LogP contribution is 2.32. The highest BCUT2D eigenvalue weighted by molar-refractivity contribution is 5.73. The van der Waals surface area contributed by atoms with Crippen LogP contribution in [0, 0.1) is 0 Å². The van der Waals surface area contributed by atoms with Crippen LogP contribution >= 0.6 is 0 Å². The summed E-state index contributed by atoms with van der Waals surface area (Å²) in [5.41, 5.74) is 4.33. The fourth-order valence-corrected chi connectivity index (χ4v) is 3.59. The maximum Gasteiger partial charge on any atom is 0.0890 e. The minimum absolute atomic E-state index is 0.138. The van der Waals surface area contributed by atoms with E-state index >= 15 is 0 Å². The van der Waals surface area contributed by atoms with Gasteiger partial charge in [0.05, 0.1) is 22.9 Å². The van der Waals surface area contributed by atoms with Crippen LogP contribution in [0.5, 0.6) is 0 Å². The van der Waals surface area contributed by atoms with Gasteiger partial charge in [-0.3, -0.25) is 15.0 Å². The lowest BCUT2D eigenvalue weighted by atomic mass is 9.79. The van der Waals surface area contributed by atoms with Crippen molar-refractivity contribution >= 4 is 11.0 Å². The molecule has 3 heterocycles. The molecular weight excluding hydrogens is 286 g/mol. The van der Waals surface area contributed by atoms with E-state index in [1.807, 2.05) is 36.7 Å². The van der Waals surface area contributed by atoms with Gasteiger partial charge in [0.1, 0.15) is 0 Å². The average Bonchev–Trinajstić information content (AvgIpc) is 3.10. The number of aromatic nitrogens is 4. The molecule has 0 unspecified atom stereocenters. The fourth-order valence-electron chi connectivity index (χ4n) is 3.59. The minimum Gasteiger partial charge on any atom is -0.297 e. The number of hydrogen-bond acceptors (Lipinski definition) is 4. The van der Waals surface area contributed by atoms with E-state index in [1.54, 1.807) is 0 Å². The molecule has 0 aliphatic carbocycles. The van der Waals surface area contributed by atoms with Crippen LogP contribution in [0.25, 0.3) is 11.0 Å². The Morgan fingerprint density at radius 1 is 1.22 bits per heavy atom. The molecule has 1 fully saturated rings. The lowest BCUT2D eigenvalue weighted by Crippen LogP contribution is -2.44. The van der Waals surface area contributed by atoms with Crippen molar-refractivity contribution < 1.29 is 0 Å². The third-order valence-corrected chi connectivity index (χ3v) is 4.81. The predicted molar refractivity (Wildman–Crippen MR) is 90.0 cm³/mol. The summed E-state index contributed by atoms with van der Waals surface area (Å²) in [7, 11) is 0. The van der Waals surface area contributed by atoms with Crippen molar-refractivity contribution in [2.75, 3.05) is 13.1 Å². The van der Waals surface area contributed by atoms with Crippen LogP contribution in [0.15, 0.2) is 42.7 Å². The Labute approximate surface area is 135 Å². The van der Waals surface area contributed by atoms with Gasteiger partial charge in [-0.1, -0.05) is 19.1 Å². The average molecular weight is 307 g/mol. The van der Waals surface area contributed by atoms with Crippen LogP contribution in [0.2, 0.25) is 0 Å². The number of benzene rings is 1. The summed E-state index contributed by atoms with van der Waals surface area (Å²) in [6.07, 6.45) is 6.13. The molecule has 1 N–H and O–H groups in total. The molecule has 1 aliphatic rings. The molecule has 5 nitrogen and oxygen atoms in total. The first-order valence-electron chi connectivity index (χ1n) is 8.16. The number of rotatable bonds is 3. The summed E-state index contributed by atoms with van der Waals surface area (Å²) in [5.74, 6) is 0. The quantitative estimate of drug-likeness (QED) is 0.808. The molecule has 5 heteroatoms. The van der Waals surface area contributed by atoms with E-state index < -0.39 is 0 Å². The van der Waals surface area contributed by atoms with Crippen molar-refractivity contribution in [3.63, 3.8) is 0 Å². The molecule has 1 aromatic carbocycles. The first-order valence-corrected chi connectivity index (χ1v) is 8.16. The second-order valence-corrected chi connectivity index (χ2v) is 6.70. The van der Waals surface area contributed by atoms with E-state index in [0.717, 1.165) is 36.4 Å². The van der Waals surface area contributed by atoms with Crippen molar-refractivity contribution in [3.8, 4) is 0 Å². The molecule has 0 saturated carbocycles. The zero-order valence-electron chi connectivity index (χ0n) is 13.4. The Hall–Kier alpha value is -2.27. The third-order valence-electron chi connectivity index (χ3n) is 4.81. The molecular formula is C18H21N5. The second kappa shape index (κ2) is 5.74. The molecule has 0 bridgehead atoms. The van der Waals surface area contributed by atoms with Crippen molar-refractivity contribution in [1.82, 2.24) is 25.1 Å². The SMILES string of the molecule is C[C@]1(c2ccn[nH]2)CCCN(Cc2cnc3ccccc3n2)C1. The van der Waals surface area contributed by atoms with E-state index in [1.165, 1.54) is 18.5 Å². The summed E-state index contributed by atoms with van der Waals surface area (Å²) >= 11 is 0. The Morgan fingerprint density at radius 2 is 2.09 bits per heavy atom. The van der Waals surface area contributed by atoms with Gasteiger partial charge in [0.15, 0.2) is 0 Å². The van der Waals surface area contributed by atoms with Crippen molar-refractivity contribution in [2.45, 2.75) is 31.7 Å². The highest BCUT2D eigenvalue weighted by atomic mass is 15.2. The van der Waals surface area contributed by atoms with E-state index in [2.05, 4.69) is 33.1 Å². The number of hydrogen-bond donors (Lipinski definition) is 1. The molecule has 2 aromatic heterocycles. The Kier molecular flexibility index (Phi) is 3.58. The number of piperidine rings is 1. The van der Waals surface area contributed by atoms with Crippen LogP contribution < -0.4 is 0 Å². The lowest BCUT2D eigenvalue weighted by Gasteiger charge is -2.39. The Bertz CT molecular complexity index is 798. The number of aromatic amines is 1. The van der Waals surface area contributed by atoms with E-state index in [9.17, 15) is 0 Å². The van der Waals surface area contributed by atoms with Crippen LogP contribution in [0.3, 0.4) is 0 Å².